The van der Waals surface area contributed by atoms with Crippen LogP contribution in [0.25, 0.3) is 0 Å². The summed E-state index contributed by atoms with van der Waals surface area (Å²) in [5, 5.41) is 9.60. The SMILES string of the molecule is CCOc1cc(CN(C)Cc2nnc(SCCOc3ccccc3)n2C)ccc1OC. The fourth-order valence-electron chi connectivity index (χ4n) is 3.11. The van der Waals surface area contributed by atoms with Gasteiger partial charge in [-0.25, -0.2) is 0 Å². The second kappa shape index (κ2) is 11.6. The molecule has 0 aliphatic rings. The second-order valence-corrected chi connectivity index (χ2v) is 8.12. The van der Waals surface area contributed by atoms with Crippen molar-refractivity contribution in [2.75, 3.05) is 33.1 Å². The number of nitrogens with zero attached hydrogens (tertiary/aromatic N) is 4. The summed E-state index contributed by atoms with van der Waals surface area (Å²) < 4.78 is 18.8. The van der Waals surface area contributed by atoms with Crippen molar-refractivity contribution in [3.63, 3.8) is 0 Å². The Hall–Kier alpha value is -2.71. The van der Waals surface area contributed by atoms with Crippen molar-refractivity contribution < 1.29 is 14.2 Å². The average Bonchev–Trinajstić information content (AvgIpc) is 3.11. The van der Waals surface area contributed by atoms with Gasteiger partial charge in [0.25, 0.3) is 0 Å². The van der Waals surface area contributed by atoms with E-state index >= 15 is 0 Å². The van der Waals surface area contributed by atoms with E-state index in [-0.39, 0.29) is 0 Å². The van der Waals surface area contributed by atoms with Crippen LogP contribution in [0.15, 0.2) is 53.7 Å². The monoisotopic (exact) mass is 442 g/mol. The van der Waals surface area contributed by atoms with Gasteiger partial charge in [-0.15, -0.1) is 10.2 Å². The van der Waals surface area contributed by atoms with Crippen molar-refractivity contribution in [2.24, 2.45) is 7.05 Å². The molecule has 0 unspecified atom stereocenters. The summed E-state index contributed by atoms with van der Waals surface area (Å²) in [6, 6.07) is 15.9. The van der Waals surface area contributed by atoms with E-state index in [2.05, 4.69) is 28.2 Å². The molecule has 7 nitrogen and oxygen atoms in total. The number of aromatic nitrogens is 3. The van der Waals surface area contributed by atoms with Gasteiger partial charge in [0.2, 0.25) is 0 Å². The average molecular weight is 443 g/mol. The highest BCUT2D eigenvalue weighted by molar-refractivity contribution is 7.99. The molecule has 0 atom stereocenters. The minimum Gasteiger partial charge on any atom is -0.493 e. The molecule has 0 fully saturated rings. The number of rotatable bonds is 12. The Labute approximate surface area is 188 Å². The van der Waals surface area contributed by atoms with Gasteiger partial charge in [-0.2, -0.15) is 0 Å². The molecule has 2 aromatic carbocycles. The Bertz CT molecular complexity index is 949. The molecule has 0 saturated heterocycles. The van der Waals surface area contributed by atoms with E-state index in [1.807, 2.05) is 61.0 Å². The lowest BCUT2D eigenvalue weighted by Gasteiger charge is -2.17. The molecule has 0 amide bonds. The first-order valence-electron chi connectivity index (χ1n) is 10.3. The van der Waals surface area contributed by atoms with Crippen LogP contribution in [0.5, 0.6) is 17.2 Å². The van der Waals surface area contributed by atoms with Gasteiger partial charge in [-0.1, -0.05) is 36.0 Å². The van der Waals surface area contributed by atoms with Crippen molar-refractivity contribution >= 4 is 11.8 Å². The third-order valence-electron chi connectivity index (χ3n) is 4.64. The summed E-state index contributed by atoms with van der Waals surface area (Å²) in [4.78, 5) is 2.20. The molecule has 3 rings (SSSR count). The van der Waals surface area contributed by atoms with Crippen LogP contribution in [0, 0.1) is 0 Å². The number of methoxy groups -OCH3 is 1. The van der Waals surface area contributed by atoms with Gasteiger partial charge >= 0.3 is 0 Å². The first-order chi connectivity index (χ1) is 15.1. The van der Waals surface area contributed by atoms with E-state index in [1.54, 1.807) is 18.9 Å². The zero-order valence-corrected chi connectivity index (χ0v) is 19.4. The molecule has 0 N–H and O–H groups in total. The van der Waals surface area contributed by atoms with E-state index in [9.17, 15) is 0 Å². The number of thioether (sulfide) groups is 1. The standard InChI is InChI=1S/C23H30N4O3S/c1-5-29-21-15-18(11-12-20(21)28-4)16-26(2)17-22-24-25-23(27(22)3)31-14-13-30-19-9-7-6-8-10-19/h6-12,15H,5,13-14,16-17H2,1-4H3. The minimum atomic E-state index is 0.603. The van der Waals surface area contributed by atoms with Crippen LogP contribution < -0.4 is 14.2 Å². The smallest absolute Gasteiger partial charge is 0.191 e. The van der Waals surface area contributed by atoms with Crippen LogP contribution in [0.4, 0.5) is 0 Å². The third-order valence-corrected chi connectivity index (χ3v) is 5.63. The Morgan fingerprint density at radius 2 is 1.81 bits per heavy atom. The van der Waals surface area contributed by atoms with Gasteiger partial charge in [-0.05, 0) is 43.8 Å². The third kappa shape index (κ3) is 6.63. The van der Waals surface area contributed by atoms with Crippen molar-refractivity contribution in [2.45, 2.75) is 25.2 Å². The molecule has 0 saturated carbocycles. The van der Waals surface area contributed by atoms with E-state index in [0.717, 1.165) is 46.1 Å². The summed E-state index contributed by atoms with van der Waals surface area (Å²) in [6.45, 7) is 4.66. The predicted octanol–water partition coefficient (Wildman–Crippen LogP) is 4.03. The van der Waals surface area contributed by atoms with Gasteiger partial charge in [0.1, 0.15) is 11.6 Å². The Morgan fingerprint density at radius 3 is 2.55 bits per heavy atom. The summed E-state index contributed by atoms with van der Waals surface area (Å²) in [5.41, 5.74) is 1.15. The van der Waals surface area contributed by atoms with Crippen molar-refractivity contribution in [1.82, 2.24) is 19.7 Å². The molecule has 1 aromatic heterocycles. The van der Waals surface area contributed by atoms with Crippen LogP contribution in [0.2, 0.25) is 0 Å². The van der Waals surface area contributed by atoms with Crippen molar-refractivity contribution in [3.8, 4) is 17.2 Å². The molecule has 0 aliphatic carbocycles. The highest BCUT2D eigenvalue weighted by Crippen LogP contribution is 2.28. The number of hydrogen-bond acceptors (Lipinski definition) is 7. The molecule has 31 heavy (non-hydrogen) atoms. The summed E-state index contributed by atoms with van der Waals surface area (Å²) in [6.07, 6.45) is 0. The molecule has 0 radical (unpaired) electrons. The maximum Gasteiger partial charge on any atom is 0.191 e. The topological polar surface area (TPSA) is 61.6 Å². The quantitative estimate of drug-likeness (QED) is 0.310. The molecule has 0 spiro atoms. The maximum absolute atomic E-state index is 5.74. The summed E-state index contributed by atoms with van der Waals surface area (Å²) in [5.74, 6) is 4.13. The van der Waals surface area contributed by atoms with E-state index in [1.165, 1.54) is 0 Å². The molecule has 1 heterocycles. The molecular weight excluding hydrogens is 412 g/mol. The fraction of sp³-hybridized carbons (Fsp3) is 0.391. The fourth-order valence-corrected chi connectivity index (χ4v) is 3.86. The molecule has 166 valence electrons. The van der Waals surface area contributed by atoms with E-state index in [0.29, 0.717) is 19.8 Å². The first-order valence-corrected chi connectivity index (χ1v) is 11.3. The summed E-state index contributed by atoms with van der Waals surface area (Å²) >= 11 is 1.65. The van der Waals surface area contributed by atoms with Crippen LogP contribution in [0.3, 0.4) is 0 Å². The number of para-hydroxylation sites is 1. The zero-order chi connectivity index (χ0) is 22.1. The van der Waals surface area contributed by atoms with Gasteiger partial charge < -0.3 is 18.8 Å². The van der Waals surface area contributed by atoms with Crippen LogP contribution in [0.1, 0.15) is 18.3 Å². The molecular formula is C23H30N4O3S. The number of ether oxygens (including phenoxy) is 3. The van der Waals surface area contributed by atoms with E-state index in [4.69, 9.17) is 14.2 Å². The lowest BCUT2D eigenvalue weighted by molar-refractivity contribution is 0.298. The molecule has 8 heteroatoms. The summed E-state index contributed by atoms with van der Waals surface area (Å²) in [7, 11) is 5.73. The van der Waals surface area contributed by atoms with Gasteiger partial charge in [-0.3, -0.25) is 4.90 Å². The largest absolute Gasteiger partial charge is 0.493 e. The van der Waals surface area contributed by atoms with Crippen molar-refractivity contribution in [3.05, 3.63) is 59.9 Å². The zero-order valence-electron chi connectivity index (χ0n) is 18.6. The highest BCUT2D eigenvalue weighted by atomic mass is 32.2. The Balaban J connectivity index is 1.51. The van der Waals surface area contributed by atoms with Crippen LogP contribution in [-0.2, 0) is 20.1 Å². The molecule has 3 aromatic rings. The lowest BCUT2D eigenvalue weighted by atomic mass is 10.2. The van der Waals surface area contributed by atoms with Crippen molar-refractivity contribution in [1.29, 1.82) is 0 Å². The first kappa shape index (κ1) is 23.0. The number of benzene rings is 2. The second-order valence-electron chi connectivity index (χ2n) is 7.06. The van der Waals surface area contributed by atoms with Gasteiger partial charge in [0, 0.05) is 19.3 Å². The Morgan fingerprint density at radius 1 is 1.00 bits per heavy atom. The van der Waals surface area contributed by atoms with Crippen LogP contribution >= 0.6 is 11.8 Å². The minimum absolute atomic E-state index is 0.603. The molecule has 0 bridgehead atoms. The van der Waals surface area contributed by atoms with E-state index < -0.39 is 0 Å². The predicted molar refractivity (Wildman–Crippen MR) is 123 cm³/mol. The van der Waals surface area contributed by atoms with Gasteiger partial charge in [0.15, 0.2) is 16.7 Å². The molecule has 0 aliphatic heterocycles. The van der Waals surface area contributed by atoms with Gasteiger partial charge in [0.05, 0.1) is 26.9 Å². The highest BCUT2D eigenvalue weighted by Gasteiger charge is 2.13. The normalized spacial score (nSPS) is 11.0. The maximum atomic E-state index is 5.74. The lowest BCUT2D eigenvalue weighted by Crippen LogP contribution is -2.19. The van der Waals surface area contributed by atoms with Crippen LogP contribution in [-0.4, -0.2) is 52.8 Å². The Kier molecular flexibility index (Phi) is 8.61. The number of hydrogen-bond donors (Lipinski definition) is 0.